The van der Waals surface area contributed by atoms with Crippen molar-refractivity contribution < 1.29 is 23.5 Å². The highest BCUT2D eigenvalue weighted by atomic mass is 35.5. The third-order valence-corrected chi connectivity index (χ3v) is 7.58. The van der Waals surface area contributed by atoms with Gasteiger partial charge in [-0.15, -0.1) is 0 Å². The monoisotopic (exact) mass is 540 g/mol. The second-order valence-corrected chi connectivity index (χ2v) is 10.7. The molecule has 0 bridgehead atoms. The molecule has 1 aliphatic heterocycles. The number of likely N-dealkylation sites (tertiary alicyclic amines) is 1. The van der Waals surface area contributed by atoms with Crippen LogP contribution in [0.5, 0.6) is 0 Å². The highest BCUT2D eigenvalue weighted by Crippen LogP contribution is 2.36. The van der Waals surface area contributed by atoms with Gasteiger partial charge in [-0.25, -0.2) is 14.0 Å². The van der Waals surface area contributed by atoms with Crippen LogP contribution in [0.2, 0.25) is 5.02 Å². The fourth-order valence-corrected chi connectivity index (χ4v) is 5.76. The summed E-state index contributed by atoms with van der Waals surface area (Å²) in [6.07, 6.45) is 5.28. The van der Waals surface area contributed by atoms with Gasteiger partial charge in [0, 0.05) is 49.6 Å². The fraction of sp³-hybridized carbons (Fsp3) is 0.704. The number of carbonyl (C=O) groups is 2. The van der Waals surface area contributed by atoms with Gasteiger partial charge in [-0.3, -0.25) is 0 Å². The van der Waals surface area contributed by atoms with Gasteiger partial charge in [0.15, 0.2) is 0 Å². The minimum absolute atomic E-state index is 0.0460. The van der Waals surface area contributed by atoms with Crippen LogP contribution in [-0.4, -0.2) is 75.7 Å². The molecular weight excluding hydrogens is 499 g/mol. The van der Waals surface area contributed by atoms with Crippen LogP contribution < -0.4 is 16.0 Å². The summed E-state index contributed by atoms with van der Waals surface area (Å²) in [7, 11) is 3.14. The zero-order chi connectivity index (χ0) is 26.7. The first-order valence-corrected chi connectivity index (χ1v) is 13.8. The van der Waals surface area contributed by atoms with E-state index in [1.807, 2.05) is 36.2 Å². The average molecular weight is 541 g/mol. The van der Waals surface area contributed by atoms with Crippen molar-refractivity contribution in [2.24, 2.45) is 5.92 Å². The fourth-order valence-electron chi connectivity index (χ4n) is 5.56. The molecule has 3 atom stereocenters. The molecule has 37 heavy (non-hydrogen) atoms. The average Bonchev–Trinajstić information content (AvgIpc) is 2.89. The minimum atomic E-state index is -1.21. The van der Waals surface area contributed by atoms with E-state index in [1.54, 1.807) is 0 Å². The minimum Gasteiger partial charge on any atom is -0.453 e. The Balaban J connectivity index is 1.64. The lowest BCUT2D eigenvalue weighted by Gasteiger charge is -2.38. The van der Waals surface area contributed by atoms with E-state index in [-0.39, 0.29) is 30.7 Å². The molecule has 1 aromatic carbocycles. The molecule has 3 N–H and O–H groups in total. The Morgan fingerprint density at radius 1 is 1.24 bits per heavy atom. The van der Waals surface area contributed by atoms with E-state index >= 15 is 4.39 Å². The first-order valence-electron chi connectivity index (χ1n) is 13.4. The summed E-state index contributed by atoms with van der Waals surface area (Å²) >= 11 is 6.27. The molecule has 0 aromatic heterocycles. The van der Waals surface area contributed by atoms with Crippen molar-refractivity contribution in [3.05, 3.63) is 34.9 Å². The Labute approximate surface area is 225 Å². The van der Waals surface area contributed by atoms with Gasteiger partial charge in [-0.05, 0) is 50.4 Å². The molecule has 0 spiro atoms. The van der Waals surface area contributed by atoms with Crippen LogP contribution in [0.3, 0.4) is 0 Å². The van der Waals surface area contributed by atoms with Crippen molar-refractivity contribution in [1.29, 1.82) is 0 Å². The predicted octanol–water partition coefficient (Wildman–Crippen LogP) is 4.83. The Bertz CT molecular complexity index is 871. The summed E-state index contributed by atoms with van der Waals surface area (Å²) in [5.41, 5.74) is -0.274. The topological polar surface area (TPSA) is 91.9 Å². The van der Waals surface area contributed by atoms with Gasteiger partial charge in [0.2, 0.25) is 0 Å². The number of amides is 3. The lowest BCUT2D eigenvalue weighted by atomic mass is 9.82. The molecule has 1 saturated heterocycles. The quantitative estimate of drug-likeness (QED) is 0.350. The number of hydrogen-bond donors (Lipinski definition) is 3. The van der Waals surface area contributed by atoms with Gasteiger partial charge in [-0.1, -0.05) is 43.0 Å². The van der Waals surface area contributed by atoms with Crippen LogP contribution in [0.1, 0.15) is 63.0 Å². The maximum absolute atomic E-state index is 15.4. The molecule has 208 valence electrons. The molecule has 1 saturated carbocycles. The maximum atomic E-state index is 15.4. The van der Waals surface area contributed by atoms with E-state index in [1.165, 1.54) is 7.11 Å². The van der Waals surface area contributed by atoms with Gasteiger partial charge in [0.05, 0.1) is 19.8 Å². The summed E-state index contributed by atoms with van der Waals surface area (Å²) in [4.78, 5) is 26.5. The zero-order valence-electron chi connectivity index (χ0n) is 22.1. The highest BCUT2D eigenvalue weighted by Gasteiger charge is 2.36. The Hall–Kier alpha value is -2.10. The zero-order valence-corrected chi connectivity index (χ0v) is 22.8. The number of piperidine rings is 1. The van der Waals surface area contributed by atoms with E-state index in [4.69, 9.17) is 16.3 Å². The summed E-state index contributed by atoms with van der Waals surface area (Å²) in [5.74, 6) is 0.0460. The smallest absolute Gasteiger partial charge is 0.406 e. The molecule has 1 aliphatic carbocycles. The summed E-state index contributed by atoms with van der Waals surface area (Å²) < 4.78 is 26.2. The number of hydrogen-bond acceptors (Lipinski definition) is 5. The number of benzene rings is 1. The number of nitrogens with zero attached hydrogens (tertiary/aromatic N) is 1. The molecule has 8 nitrogen and oxygen atoms in total. The van der Waals surface area contributed by atoms with Gasteiger partial charge in [-0.2, -0.15) is 0 Å². The van der Waals surface area contributed by atoms with Crippen LogP contribution >= 0.6 is 11.6 Å². The van der Waals surface area contributed by atoms with Gasteiger partial charge in [0.25, 0.3) is 0 Å². The SMILES string of the molecule is CNCC(CC1(F)CCCCC1)NC(=O)N1CCCC(C(OCCNC(=O)OC)c2cccc(Cl)c2)C1. The van der Waals surface area contributed by atoms with Crippen molar-refractivity contribution >= 4 is 23.7 Å². The Kier molecular flexibility index (Phi) is 11.7. The molecule has 2 fully saturated rings. The molecule has 3 rings (SSSR count). The normalized spacial score (nSPS) is 21.1. The molecule has 3 unspecified atom stereocenters. The lowest BCUT2D eigenvalue weighted by Crippen LogP contribution is -2.53. The maximum Gasteiger partial charge on any atom is 0.406 e. The van der Waals surface area contributed by atoms with Crippen LogP contribution in [0, 0.1) is 5.92 Å². The second kappa shape index (κ2) is 14.7. The predicted molar refractivity (Wildman–Crippen MR) is 143 cm³/mol. The van der Waals surface area contributed by atoms with Gasteiger partial charge >= 0.3 is 12.1 Å². The van der Waals surface area contributed by atoms with Crippen LogP contribution in [-0.2, 0) is 9.47 Å². The number of halogens is 2. The molecular formula is C27H42ClFN4O4. The standard InChI is InChI=1S/C27H42ClFN4O4/c1-30-18-23(17-27(29)11-4-3-5-12-27)32-25(34)33-14-7-9-21(19-33)24(20-8-6-10-22(28)16-20)37-15-13-31-26(35)36-2/h6,8,10,16,21,23-24,30H,3-5,7,9,11-15,17-19H2,1-2H3,(H,31,35)(H,32,34). The number of nitrogens with one attached hydrogen (secondary N) is 3. The number of alkyl carbamates (subject to hydrolysis) is 1. The molecule has 0 radical (unpaired) electrons. The highest BCUT2D eigenvalue weighted by molar-refractivity contribution is 6.30. The third kappa shape index (κ3) is 9.30. The Morgan fingerprint density at radius 3 is 2.73 bits per heavy atom. The summed E-state index contributed by atoms with van der Waals surface area (Å²) in [6, 6.07) is 7.11. The van der Waals surface area contributed by atoms with Gasteiger partial charge < -0.3 is 30.3 Å². The molecule has 10 heteroatoms. The first kappa shape index (κ1) is 29.5. The van der Waals surface area contributed by atoms with Crippen molar-refractivity contribution in [2.75, 3.05) is 46.9 Å². The van der Waals surface area contributed by atoms with Crippen LogP contribution in [0.25, 0.3) is 0 Å². The number of ether oxygens (including phenoxy) is 2. The van der Waals surface area contributed by atoms with Crippen molar-refractivity contribution in [3.63, 3.8) is 0 Å². The van der Waals surface area contributed by atoms with E-state index < -0.39 is 11.8 Å². The van der Waals surface area contributed by atoms with Gasteiger partial charge in [0.1, 0.15) is 5.67 Å². The number of rotatable bonds is 11. The Morgan fingerprint density at radius 2 is 2.03 bits per heavy atom. The van der Waals surface area contributed by atoms with E-state index in [0.29, 0.717) is 50.5 Å². The number of urea groups is 1. The van der Waals surface area contributed by atoms with E-state index in [2.05, 4.69) is 20.7 Å². The number of carbonyl (C=O) groups excluding carboxylic acids is 2. The molecule has 1 aromatic rings. The molecule has 3 amide bonds. The third-order valence-electron chi connectivity index (χ3n) is 7.34. The number of alkyl halides is 1. The first-order chi connectivity index (χ1) is 17.8. The second-order valence-electron chi connectivity index (χ2n) is 10.2. The molecule has 2 aliphatic rings. The van der Waals surface area contributed by atoms with E-state index in [9.17, 15) is 9.59 Å². The van der Waals surface area contributed by atoms with Crippen LogP contribution in [0.15, 0.2) is 24.3 Å². The molecule has 1 heterocycles. The number of likely N-dealkylation sites (N-methyl/N-ethyl adjacent to an activating group) is 1. The van der Waals surface area contributed by atoms with Crippen molar-refractivity contribution in [2.45, 2.75) is 69.2 Å². The summed E-state index contributed by atoms with van der Waals surface area (Å²) in [6.45, 7) is 2.27. The van der Waals surface area contributed by atoms with Crippen molar-refractivity contribution in [1.82, 2.24) is 20.9 Å². The van der Waals surface area contributed by atoms with Crippen molar-refractivity contribution in [3.8, 4) is 0 Å². The van der Waals surface area contributed by atoms with Crippen LogP contribution in [0.4, 0.5) is 14.0 Å². The van der Waals surface area contributed by atoms with E-state index in [0.717, 1.165) is 37.7 Å². The number of methoxy groups -OCH3 is 1. The summed E-state index contributed by atoms with van der Waals surface area (Å²) in [5, 5.41) is 9.45. The lowest BCUT2D eigenvalue weighted by molar-refractivity contribution is -0.00877. The largest absolute Gasteiger partial charge is 0.453 e.